The molecule has 0 bridgehead atoms. The SMILES string of the molecule is O=C(COc1ccccc1)Nc1ccc(N2C(=S)N[C@@H](c3ccccn3)[C@@H]2c2cccn2-c2ccc(O)cc2)cc1. The first kappa shape index (κ1) is 26.1. The summed E-state index contributed by atoms with van der Waals surface area (Å²) in [5, 5.41) is 16.8. The number of carbonyl (C=O) groups is 1. The van der Waals surface area contributed by atoms with Crippen molar-refractivity contribution in [2.45, 2.75) is 12.1 Å². The number of aromatic hydroxyl groups is 1. The fourth-order valence-electron chi connectivity index (χ4n) is 4.98. The van der Waals surface area contributed by atoms with Gasteiger partial charge in [0.2, 0.25) is 0 Å². The number of hydrogen-bond acceptors (Lipinski definition) is 5. The molecule has 5 aromatic rings. The molecule has 41 heavy (non-hydrogen) atoms. The zero-order valence-corrected chi connectivity index (χ0v) is 22.7. The number of ether oxygens (including phenoxy) is 1. The molecule has 0 saturated carbocycles. The van der Waals surface area contributed by atoms with E-state index >= 15 is 0 Å². The van der Waals surface area contributed by atoms with E-state index in [2.05, 4.69) is 31.2 Å². The second kappa shape index (κ2) is 11.5. The Bertz CT molecular complexity index is 1640. The van der Waals surface area contributed by atoms with Crippen molar-refractivity contribution in [3.05, 3.63) is 133 Å². The Morgan fingerprint density at radius 2 is 1.63 bits per heavy atom. The predicted molar refractivity (Wildman–Crippen MR) is 162 cm³/mol. The van der Waals surface area contributed by atoms with Crippen LogP contribution in [-0.2, 0) is 4.79 Å². The molecule has 6 rings (SSSR count). The molecule has 1 aliphatic rings. The third-order valence-corrected chi connectivity index (χ3v) is 7.17. The van der Waals surface area contributed by atoms with E-state index in [4.69, 9.17) is 17.0 Å². The Hall–Kier alpha value is -5.15. The van der Waals surface area contributed by atoms with E-state index in [1.807, 2.05) is 97.2 Å². The van der Waals surface area contributed by atoms with E-state index in [-0.39, 0.29) is 30.3 Å². The lowest BCUT2D eigenvalue weighted by Gasteiger charge is -2.29. The molecule has 1 saturated heterocycles. The lowest BCUT2D eigenvalue weighted by molar-refractivity contribution is -0.118. The van der Waals surface area contributed by atoms with Crippen molar-refractivity contribution in [1.82, 2.24) is 14.9 Å². The molecule has 3 heterocycles. The molecule has 3 aromatic carbocycles. The van der Waals surface area contributed by atoms with Gasteiger partial charge in [0, 0.05) is 35.1 Å². The standard InChI is InChI=1S/C32H27N5O3S/c38-25-17-15-23(16-18-25)36-20-6-10-28(36)31-30(27-9-4-5-19-33-27)35-32(41)37(31)24-13-11-22(12-14-24)34-29(39)21-40-26-7-2-1-3-8-26/h1-20,30-31,38H,21H2,(H,34,39)(H,35,41)/t30-,31-/m0/s1. The first-order valence-corrected chi connectivity index (χ1v) is 13.5. The molecule has 8 nitrogen and oxygen atoms in total. The van der Waals surface area contributed by atoms with E-state index in [1.165, 1.54) is 0 Å². The second-order valence-electron chi connectivity index (χ2n) is 9.51. The fourth-order valence-corrected chi connectivity index (χ4v) is 5.33. The normalized spacial score (nSPS) is 16.3. The van der Waals surface area contributed by atoms with Gasteiger partial charge in [-0.25, -0.2) is 0 Å². The minimum absolute atomic E-state index is 0.0893. The number of nitrogens with zero attached hydrogens (tertiary/aromatic N) is 3. The van der Waals surface area contributed by atoms with E-state index in [9.17, 15) is 9.90 Å². The summed E-state index contributed by atoms with van der Waals surface area (Å²) in [6, 6.07) is 33.3. The zero-order valence-electron chi connectivity index (χ0n) is 21.9. The van der Waals surface area contributed by atoms with Gasteiger partial charge in [-0.1, -0.05) is 24.3 Å². The average molecular weight is 562 g/mol. The first-order chi connectivity index (χ1) is 20.1. The van der Waals surface area contributed by atoms with E-state index < -0.39 is 0 Å². The van der Waals surface area contributed by atoms with Crippen LogP contribution < -0.4 is 20.3 Å². The van der Waals surface area contributed by atoms with Gasteiger partial charge in [0.05, 0.1) is 11.7 Å². The maximum atomic E-state index is 12.5. The Labute approximate surface area is 242 Å². The van der Waals surface area contributed by atoms with Crippen molar-refractivity contribution in [1.29, 1.82) is 0 Å². The van der Waals surface area contributed by atoms with Crippen molar-refractivity contribution in [3.63, 3.8) is 0 Å². The highest BCUT2D eigenvalue weighted by Crippen LogP contribution is 2.42. The van der Waals surface area contributed by atoms with Crippen LogP contribution >= 0.6 is 12.2 Å². The second-order valence-corrected chi connectivity index (χ2v) is 9.90. The molecule has 9 heteroatoms. The number of pyridine rings is 1. The number of amides is 1. The number of anilines is 2. The molecule has 1 amide bonds. The van der Waals surface area contributed by atoms with Gasteiger partial charge in [0.1, 0.15) is 17.5 Å². The van der Waals surface area contributed by atoms with Crippen LogP contribution in [-0.4, -0.2) is 32.3 Å². The molecule has 2 aromatic heterocycles. The number of carbonyl (C=O) groups excluding carboxylic acids is 1. The Morgan fingerprint density at radius 3 is 2.37 bits per heavy atom. The van der Waals surface area contributed by atoms with Gasteiger partial charge in [-0.15, -0.1) is 0 Å². The lowest BCUT2D eigenvalue weighted by Crippen LogP contribution is -2.30. The monoisotopic (exact) mass is 561 g/mol. The quantitative estimate of drug-likeness (QED) is 0.207. The number of rotatable bonds is 8. The number of hydrogen-bond donors (Lipinski definition) is 3. The molecule has 1 fully saturated rings. The Balaban J connectivity index is 1.28. The van der Waals surface area contributed by atoms with Gasteiger partial charge in [0.25, 0.3) is 5.91 Å². The maximum absolute atomic E-state index is 12.5. The zero-order chi connectivity index (χ0) is 28.2. The van der Waals surface area contributed by atoms with Gasteiger partial charge in [0.15, 0.2) is 11.7 Å². The van der Waals surface area contributed by atoms with Crippen LogP contribution in [0.3, 0.4) is 0 Å². The van der Waals surface area contributed by atoms with Crippen LogP contribution in [0, 0.1) is 0 Å². The van der Waals surface area contributed by atoms with Crippen LogP contribution in [0.15, 0.2) is 122 Å². The molecular weight excluding hydrogens is 534 g/mol. The molecule has 1 aliphatic heterocycles. The van der Waals surface area contributed by atoms with Crippen molar-refractivity contribution >= 4 is 34.6 Å². The van der Waals surface area contributed by atoms with Crippen molar-refractivity contribution in [2.24, 2.45) is 0 Å². The fraction of sp³-hybridized carbons (Fsp3) is 0.0938. The molecule has 3 N–H and O–H groups in total. The summed E-state index contributed by atoms with van der Waals surface area (Å²) in [4.78, 5) is 19.2. The minimum atomic E-state index is -0.250. The van der Waals surface area contributed by atoms with Gasteiger partial charge >= 0.3 is 0 Å². The van der Waals surface area contributed by atoms with Gasteiger partial charge in [-0.05, 0) is 97.1 Å². The van der Waals surface area contributed by atoms with Crippen LogP contribution in [0.1, 0.15) is 23.5 Å². The van der Waals surface area contributed by atoms with Gasteiger partial charge in [-0.3, -0.25) is 9.78 Å². The van der Waals surface area contributed by atoms with Gasteiger partial charge < -0.3 is 29.9 Å². The largest absolute Gasteiger partial charge is 0.508 e. The number of aromatic nitrogens is 2. The number of benzene rings is 3. The number of para-hydroxylation sites is 1. The summed E-state index contributed by atoms with van der Waals surface area (Å²) in [5.41, 5.74) is 4.29. The summed E-state index contributed by atoms with van der Waals surface area (Å²) >= 11 is 5.87. The molecule has 0 aliphatic carbocycles. The highest BCUT2D eigenvalue weighted by molar-refractivity contribution is 7.80. The Kier molecular flexibility index (Phi) is 7.34. The highest BCUT2D eigenvalue weighted by atomic mass is 32.1. The van der Waals surface area contributed by atoms with Crippen molar-refractivity contribution in [2.75, 3.05) is 16.8 Å². The average Bonchev–Trinajstić information content (AvgIpc) is 3.62. The Morgan fingerprint density at radius 1 is 0.902 bits per heavy atom. The third-order valence-electron chi connectivity index (χ3n) is 6.85. The van der Waals surface area contributed by atoms with E-state index in [0.717, 1.165) is 22.8 Å². The third kappa shape index (κ3) is 5.61. The van der Waals surface area contributed by atoms with E-state index in [1.54, 1.807) is 18.3 Å². The van der Waals surface area contributed by atoms with Crippen LogP contribution in [0.25, 0.3) is 5.69 Å². The summed E-state index contributed by atoms with van der Waals surface area (Å²) in [6.07, 6.45) is 3.77. The van der Waals surface area contributed by atoms with Crippen LogP contribution in [0.2, 0.25) is 0 Å². The molecule has 0 unspecified atom stereocenters. The molecule has 2 atom stereocenters. The highest BCUT2D eigenvalue weighted by Gasteiger charge is 2.42. The first-order valence-electron chi connectivity index (χ1n) is 13.1. The predicted octanol–water partition coefficient (Wildman–Crippen LogP) is 5.77. The number of phenols is 1. The summed E-state index contributed by atoms with van der Waals surface area (Å²) in [6.45, 7) is -0.0893. The van der Waals surface area contributed by atoms with E-state index in [0.29, 0.717) is 16.5 Å². The summed E-state index contributed by atoms with van der Waals surface area (Å²) in [7, 11) is 0. The topological polar surface area (TPSA) is 91.7 Å². The van der Waals surface area contributed by atoms with Crippen molar-refractivity contribution < 1.29 is 14.6 Å². The lowest BCUT2D eigenvalue weighted by atomic mass is 10.0. The number of thiocarbonyl (C=S) groups is 1. The van der Waals surface area contributed by atoms with Gasteiger partial charge in [-0.2, -0.15) is 0 Å². The molecule has 204 valence electrons. The summed E-state index contributed by atoms with van der Waals surface area (Å²) in [5.74, 6) is 0.594. The van der Waals surface area contributed by atoms with Crippen molar-refractivity contribution in [3.8, 4) is 17.2 Å². The van der Waals surface area contributed by atoms with Crippen LogP contribution in [0.4, 0.5) is 11.4 Å². The summed E-state index contributed by atoms with van der Waals surface area (Å²) < 4.78 is 7.64. The molecule has 0 spiro atoms. The number of phenolic OH excluding ortho intramolecular Hbond substituents is 1. The minimum Gasteiger partial charge on any atom is -0.508 e. The van der Waals surface area contributed by atoms with Crippen LogP contribution in [0.5, 0.6) is 11.5 Å². The molecular formula is C32H27N5O3S. The smallest absolute Gasteiger partial charge is 0.262 e. The molecule has 0 radical (unpaired) electrons. The number of nitrogens with one attached hydrogen (secondary N) is 2. The maximum Gasteiger partial charge on any atom is 0.262 e.